The first-order chi connectivity index (χ1) is 8.84. The van der Waals surface area contributed by atoms with Crippen LogP contribution in [0.2, 0.25) is 0 Å². The molecule has 19 heavy (non-hydrogen) atoms. The predicted octanol–water partition coefficient (Wildman–Crippen LogP) is 2.24. The van der Waals surface area contributed by atoms with E-state index < -0.39 is 18.0 Å². The Labute approximate surface area is 106 Å². The van der Waals surface area contributed by atoms with Crippen molar-refractivity contribution >= 4 is 11.8 Å². The number of nitrogens with zero attached hydrogens (tertiary/aromatic N) is 1. The van der Waals surface area contributed by atoms with Crippen molar-refractivity contribution in [2.75, 3.05) is 6.54 Å². The molecule has 0 heterocycles. The largest absolute Gasteiger partial charge is 0.465 e. The second-order valence-corrected chi connectivity index (χ2v) is 3.63. The molecule has 0 saturated carbocycles. The van der Waals surface area contributed by atoms with E-state index in [2.05, 4.69) is 10.5 Å². The lowest BCUT2D eigenvalue weighted by Crippen LogP contribution is -2.24. The highest BCUT2D eigenvalue weighted by Crippen LogP contribution is 2.22. The number of rotatable bonds is 4. The lowest BCUT2D eigenvalue weighted by Gasteiger charge is -2.09. The summed E-state index contributed by atoms with van der Waals surface area (Å²) in [6.45, 7) is 0.162. The third-order valence-electron chi connectivity index (χ3n) is 2.29. The van der Waals surface area contributed by atoms with Gasteiger partial charge in [0.2, 0.25) is 0 Å². The second-order valence-electron chi connectivity index (χ2n) is 3.63. The zero-order valence-corrected chi connectivity index (χ0v) is 9.61. The van der Waals surface area contributed by atoms with E-state index in [-0.39, 0.29) is 12.1 Å². The minimum absolute atomic E-state index is 0.162. The summed E-state index contributed by atoms with van der Waals surface area (Å²) >= 11 is 0. The number of hydrogen-bond donors (Lipinski definition) is 3. The van der Waals surface area contributed by atoms with Gasteiger partial charge in [0.15, 0.2) is 5.71 Å². The van der Waals surface area contributed by atoms with Crippen molar-refractivity contribution in [2.45, 2.75) is 12.6 Å². The molecule has 1 aromatic carbocycles. The molecular weight excluding hydrogens is 265 g/mol. The van der Waals surface area contributed by atoms with Gasteiger partial charge in [-0.3, -0.25) is 0 Å². The predicted molar refractivity (Wildman–Crippen MR) is 60.6 cm³/mol. The van der Waals surface area contributed by atoms with Gasteiger partial charge in [-0.05, 0) is 12.0 Å². The highest BCUT2D eigenvalue weighted by molar-refractivity contribution is 6.04. The van der Waals surface area contributed by atoms with Crippen LogP contribution < -0.4 is 5.32 Å². The van der Waals surface area contributed by atoms with Crippen molar-refractivity contribution in [3.8, 4) is 0 Å². The lowest BCUT2D eigenvalue weighted by atomic mass is 10.1. The summed E-state index contributed by atoms with van der Waals surface area (Å²) in [4.78, 5) is 10.2. The maximum absolute atomic E-state index is 12.4. The van der Waals surface area contributed by atoms with E-state index in [1.165, 1.54) is 24.3 Å². The first-order valence-corrected chi connectivity index (χ1v) is 5.20. The lowest BCUT2D eigenvalue weighted by molar-refractivity contribution is -0.0601. The van der Waals surface area contributed by atoms with Crippen LogP contribution in [0.1, 0.15) is 11.1 Å². The number of benzene rings is 1. The van der Waals surface area contributed by atoms with Crippen molar-refractivity contribution in [3.05, 3.63) is 35.4 Å². The van der Waals surface area contributed by atoms with E-state index >= 15 is 0 Å². The van der Waals surface area contributed by atoms with E-state index in [1.54, 1.807) is 0 Å². The molecule has 0 saturated heterocycles. The van der Waals surface area contributed by atoms with Gasteiger partial charge in [-0.15, -0.1) is 0 Å². The van der Waals surface area contributed by atoms with Crippen LogP contribution in [0, 0.1) is 0 Å². The number of amides is 1. The molecule has 0 spiro atoms. The summed E-state index contributed by atoms with van der Waals surface area (Å²) in [6.07, 6.45) is -5.55. The normalized spacial score (nSPS) is 12.3. The fraction of sp³-hybridized carbons (Fsp3) is 0.273. The van der Waals surface area contributed by atoms with E-state index in [9.17, 15) is 18.0 Å². The molecule has 0 fully saturated rings. The Morgan fingerprint density at radius 3 is 2.26 bits per heavy atom. The molecule has 0 bridgehead atoms. The van der Waals surface area contributed by atoms with E-state index in [0.29, 0.717) is 12.0 Å². The van der Waals surface area contributed by atoms with Gasteiger partial charge >= 0.3 is 12.3 Å². The van der Waals surface area contributed by atoms with Crippen molar-refractivity contribution in [2.24, 2.45) is 5.16 Å². The average Bonchev–Trinajstić information content (AvgIpc) is 2.30. The molecule has 0 unspecified atom stereocenters. The smallest absolute Gasteiger partial charge is 0.437 e. The molecule has 1 aromatic rings. The molecule has 104 valence electrons. The molecule has 0 radical (unpaired) electrons. The van der Waals surface area contributed by atoms with Gasteiger partial charge in [-0.1, -0.05) is 29.4 Å². The summed E-state index contributed by atoms with van der Waals surface area (Å²) in [5.74, 6) is 0. The molecule has 1 rings (SSSR count). The Balaban J connectivity index is 2.73. The third kappa shape index (κ3) is 4.49. The van der Waals surface area contributed by atoms with Crippen LogP contribution in [0.15, 0.2) is 29.4 Å². The van der Waals surface area contributed by atoms with Gasteiger partial charge in [0, 0.05) is 12.1 Å². The Hall–Kier alpha value is -2.25. The highest BCUT2D eigenvalue weighted by Gasteiger charge is 2.37. The van der Waals surface area contributed by atoms with Crippen LogP contribution in [-0.4, -0.2) is 34.8 Å². The number of hydrogen-bond acceptors (Lipinski definition) is 3. The Morgan fingerprint density at radius 2 is 1.84 bits per heavy atom. The molecule has 5 nitrogen and oxygen atoms in total. The maximum Gasteiger partial charge on any atom is 0.437 e. The zero-order chi connectivity index (χ0) is 14.5. The van der Waals surface area contributed by atoms with E-state index in [1.807, 2.05) is 0 Å². The molecule has 0 aliphatic heterocycles. The second kappa shape index (κ2) is 6.07. The van der Waals surface area contributed by atoms with Gasteiger partial charge in [-0.25, -0.2) is 4.79 Å². The van der Waals surface area contributed by atoms with Crippen molar-refractivity contribution in [1.82, 2.24) is 5.32 Å². The minimum atomic E-state index is -4.73. The standard InChI is InChI=1S/C11H11F3N2O3/c12-11(13,14)9(16-19)8-3-1-7(2-4-8)5-6-15-10(17)18/h1-4,15,19H,5-6H2,(H,17,18). The van der Waals surface area contributed by atoms with Crippen molar-refractivity contribution < 1.29 is 28.3 Å². The summed E-state index contributed by atoms with van der Waals surface area (Å²) in [5.41, 5.74) is -0.968. The quantitative estimate of drug-likeness (QED) is 0.448. The van der Waals surface area contributed by atoms with E-state index in [4.69, 9.17) is 10.3 Å². The first-order valence-electron chi connectivity index (χ1n) is 5.20. The van der Waals surface area contributed by atoms with Crippen LogP contribution in [0.4, 0.5) is 18.0 Å². The third-order valence-corrected chi connectivity index (χ3v) is 2.29. The fourth-order valence-electron chi connectivity index (χ4n) is 1.42. The maximum atomic E-state index is 12.4. The number of carbonyl (C=O) groups is 1. The number of halogens is 3. The van der Waals surface area contributed by atoms with Gasteiger partial charge in [0.1, 0.15) is 0 Å². The minimum Gasteiger partial charge on any atom is -0.465 e. The monoisotopic (exact) mass is 276 g/mol. The van der Waals surface area contributed by atoms with Gasteiger partial charge in [0.05, 0.1) is 0 Å². The number of carboxylic acid groups (broad SMARTS) is 1. The van der Waals surface area contributed by atoms with Gasteiger partial charge in [-0.2, -0.15) is 13.2 Å². The summed E-state index contributed by atoms with van der Waals surface area (Å²) in [5, 5.41) is 21.1. The number of oxime groups is 1. The fourth-order valence-corrected chi connectivity index (χ4v) is 1.42. The number of alkyl halides is 3. The molecule has 3 N–H and O–H groups in total. The zero-order valence-electron chi connectivity index (χ0n) is 9.61. The molecule has 8 heteroatoms. The number of nitrogens with one attached hydrogen (secondary N) is 1. The highest BCUT2D eigenvalue weighted by atomic mass is 19.4. The first kappa shape index (κ1) is 14.8. The molecule has 1 amide bonds. The summed E-state index contributed by atoms with van der Waals surface area (Å²) < 4.78 is 37.3. The SMILES string of the molecule is O=C(O)NCCc1ccc(C(=NO)C(F)(F)F)cc1. The topological polar surface area (TPSA) is 81.9 Å². The van der Waals surface area contributed by atoms with Gasteiger partial charge in [0.25, 0.3) is 0 Å². The summed E-state index contributed by atoms with van der Waals surface area (Å²) in [6, 6.07) is 5.16. The molecule has 0 atom stereocenters. The van der Waals surface area contributed by atoms with Crippen LogP contribution in [0.3, 0.4) is 0 Å². The summed E-state index contributed by atoms with van der Waals surface area (Å²) in [7, 11) is 0. The van der Waals surface area contributed by atoms with Crippen molar-refractivity contribution in [1.29, 1.82) is 0 Å². The van der Waals surface area contributed by atoms with Crippen LogP contribution in [-0.2, 0) is 6.42 Å². The van der Waals surface area contributed by atoms with Crippen LogP contribution in [0.5, 0.6) is 0 Å². The van der Waals surface area contributed by atoms with Crippen LogP contribution in [0.25, 0.3) is 0 Å². The van der Waals surface area contributed by atoms with E-state index in [0.717, 1.165) is 0 Å². The Kier molecular flexibility index (Phi) is 4.74. The van der Waals surface area contributed by atoms with Gasteiger partial charge < -0.3 is 15.6 Å². The Bertz CT molecular complexity index is 469. The molecular formula is C11H11F3N2O3. The molecule has 0 aliphatic carbocycles. The molecule has 0 aliphatic rings. The Morgan fingerprint density at radius 1 is 1.26 bits per heavy atom. The van der Waals surface area contributed by atoms with Crippen molar-refractivity contribution in [3.63, 3.8) is 0 Å². The molecule has 0 aromatic heterocycles. The van der Waals surface area contributed by atoms with Crippen LogP contribution >= 0.6 is 0 Å². The average molecular weight is 276 g/mol.